The molecule has 0 aliphatic heterocycles. The molecule has 0 fully saturated rings. The molecule has 0 aliphatic rings. The molecule has 114 valence electrons. The van der Waals surface area contributed by atoms with E-state index in [1.807, 2.05) is 0 Å². The lowest BCUT2D eigenvalue weighted by Gasteiger charge is -2.22. The summed E-state index contributed by atoms with van der Waals surface area (Å²) in [5, 5.41) is 0. The lowest BCUT2D eigenvalue weighted by molar-refractivity contribution is 0.198. The van der Waals surface area contributed by atoms with Crippen LogP contribution in [0.4, 0.5) is 0 Å². The summed E-state index contributed by atoms with van der Waals surface area (Å²) in [5.41, 5.74) is 1.93. The van der Waals surface area contributed by atoms with Crippen molar-refractivity contribution in [3.63, 3.8) is 0 Å². The quantitative estimate of drug-likeness (QED) is 0.644. The predicted octanol–water partition coefficient (Wildman–Crippen LogP) is 5.97. The summed E-state index contributed by atoms with van der Waals surface area (Å²) in [4.78, 5) is 0. The van der Waals surface area contributed by atoms with Crippen molar-refractivity contribution in [3.05, 3.63) is 29.8 Å². The molecule has 0 saturated carbocycles. The van der Waals surface area contributed by atoms with Gasteiger partial charge >= 0.3 is 0 Å². The third kappa shape index (κ3) is 6.45. The third-order valence-corrected chi connectivity index (χ3v) is 3.57. The Morgan fingerprint density at radius 2 is 1.70 bits per heavy atom. The monoisotopic (exact) mass is 276 g/mol. The van der Waals surface area contributed by atoms with Gasteiger partial charge in [-0.2, -0.15) is 0 Å². The maximum absolute atomic E-state index is 6.06. The second kappa shape index (κ2) is 6.65. The van der Waals surface area contributed by atoms with E-state index in [2.05, 4.69) is 72.7 Å². The Morgan fingerprint density at radius 3 is 2.25 bits per heavy atom. The number of ether oxygens (including phenoxy) is 1. The van der Waals surface area contributed by atoms with Crippen LogP contribution in [0.2, 0.25) is 0 Å². The van der Waals surface area contributed by atoms with Crippen LogP contribution in [0.15, 0.2) is 24.3 Å². The van der Waals surface area contributed by atoms with Crippen LogP contribution in [0.5, 0.6) is 5.75 Å². The number of rotatable bonds is 5. The smallest absolute Gasteiger partial charge is 0.119 e. The minimum Gasteiger partial charge on any atom is -0.491 e. The van der Waals surface area contributed by atoms with E-state index in [4.69, 9.17) is 4.74 Å². The second-order valence-electron chi connectivity index (χ2n) is 8.16. The van der Waals surface area contributed by atoms with Crippen LogP contribution in [0, 0.1) is 5.41 Å². The van der Waals surface area contributed by atoms with E-state index < -0.39 is 0 Å². The molecule has 0 heterocycles. The van der Waals surface area contributed by atoms with Crippen molar-refractivity contribution in [3.8, 4) is 5.75 Å². The lowest BCUT2D eigenvalue weighted by Crippen LogP contribution is -2.15. The highest BCUT2D eigenvalue weighted by molar-refractivity contribution is 5.32. The van der Waals surface area contributed by atoms with Crippen molar-refractivity contribution in [2.45, 2.75) is 79.2 Å². The van der Waals surface area contributed by atoms with Gasteiger partial charge in [-0.25, -0.2) is 0 Å². The second-order valence-corrected chi connectivity index (χ2v) is 8.16. The highest BCUT2D eigenvalue weighted by Gasteiger charge is 2.15. The van der Waals surface area contributed by atoms with Gasteiger partial charge in [0.25, 0.3) is 0 Å². The fourth-order valence-electron chi connectivity index (χ4n) is 2.25. The van der Waals surface area contributed by atoms with Gasteiger partial charge in [0.1, 0.15) is 5.75 Å². The first-order valence-corrected chi connectivity index (χ1v) is 7.85. The molecule has 0 bridgehead atoms. The molecule has 1 rings (SSSR count). The van der Waals surface area contributed by atoms with Crippen LogP contribution in [-0.4, -0.2) is 6.10 Å². The molecule has 1 heteroatoms. The third-order valence-electron chi connectivity index (χ3n) is 3.57. The molecule has 0 saturated heterocycles. The molecule has 0 aliphatic carbocycles. The Morgan fingerprint density at radius 1 is 1.05 bits per heavy atom. The van der Waals surface area contributed by atoms with E-state index in [9.17, 15) is 0 Å². The summed E-state index contributed by atoms with van der Waals surface area (Å²) in [5.74, 6) is 1.00. The van der Waals surface area contributed by atoms with Gasteiger partial charge in [0.15, 0.2) is 0 Å². The molecule has 1 unspecified atom stereocenters. The molecule has 1 aromatic carbocycles. The first kappa shape index (κ1) is 17.1. The Kier molecular flexibility index (Phi) is 5.68. The lowest BCUT2D eigenvalue weighted by atomic mass is 9.87. The van der Waals surface area contributed by atoms with E-state index >= 15 is 0 Å². The summed E-state index contributed by atoms with van der Waals surface area (Å²) in [7, 11) is 0. The van der Waals surface area contributed by atoms with Gasteiger partial charge in [0, 0.05) is 0 Å². The van der Waals surface area contributed by atoms with Gasteiger partial charge in [-0.3, -0.25) is 0 Å². The van der Waals surface area contributed by atoms with Crippen molar-refractivity contribution in [2.24, 2.45) is 5.41 Å². The summed E-state index contributed by atoms with van der Waals surface area (Å²) in [6.45, 7) is 15.8. The predicted molar refractivity (Wildman–Crippen MR) is 88.5 cm³/mol. The van der Waals surface area contributed by atoms with Crippen LogP contribution in [-0.2, 0) is 5.41 Å². The molecular formula is C19H32O. The minimum absolute atomic E-state index is 0.175. The number of hydrogen-bond acceptors (Lipinski definition) is 1. The van der Waals surface area contributed by atoms with E-state index in [-0.39, 0.29) is 11.5 Å². The molecule has 0 amide bonds. The fourth-order valence-corrected chi connectivity index (χ4v) is 2.25. The van der Waals surface area contributed by atoms with E-state index in [1.165, 1.54) is 18.4 Å². The maximum Gasteiger partial charge on any atom is 0.119 e. The average Bonchev–Trinajstić information content (AvgIpc) is 2.26. The molecule has 0 spiro atoms. The SMILES string of the molecule is CC(CCCC(C)(C)C)Oc1cccc(C(C)(C)C)c1. The number of hydrogen-bond donors (Lipinski definition) is 0. The normalized spacial score (nSPS) is 14.2. The van der Waals surface area contributed by atoms with E-state index in [1.54, 1.807) is 0 Å². The van der Waals surface area contributed by atoms with Gasteiger partial charge < -0.3 is 4.74 Å². The summed E-state index contributed by atoms with van der Waals surface area (Å²) >= 11 is 0. The summed E-state index contributed by atoms with van der Waals surface area (Å²) in [6, 6.07) is 8.52. The Labute approximate surface area is 125 Å². The van der Waals surface area contributed by atoms with Crippen molar-refractivity contribution < 1.29 is 4.74 Å². The van der Waals surface area contributed by atoms with Gasteiger partial charge in [0.05, 0.1) is 6.10 Å². The van der Waals surface area contributed by atoms with Crippen LogP contribution in [0.25, 0.3) is 0 Å². The van der Waals surface area contributed by atoms with E-state index in [0.717, 1.165) is 12.2 Å². The van der Waals surface area contributed by atoms with Gasteiger partial charge in [0.2, 0.25) is 0 Å². The average molecular weight is 276 g/mol. The molecule has 20 heavy (non-hydrogen) atoms. The zero-order valence-corrected chi connectivity index (χ0v) is 14.4. The van der Waals surface area contributed by atoms with Crippen LogP contribution >= 0.6 is 0 Å². The van der Waals surface area contributed by atoms with Crippen LogP contribution < -0.4 is 4.74 Å². The van der Waals surface area contributed by atoms with Crippen molar-refractivity contribution in [2.75, 3.05) is 0 Å². The molecule has 0 N–H and O–H groups in total. The van der Waals surface area contributed by atoms with Gasteiger partial charge in [-0.1, -0.05) is 53.7 Å². The molecule has 0 aromatic heterocycles. The van der Waals surface area contributed by atoms with Crippen molar-refractivity contribution in [1.29, 1.82) is 0 Å². The highest BCUT2D eigenvalue weighted by atomic mass is 16.5. The van der Waals surface area contributed by atoms with Gasteiger partial charge in [-0.05, 0) is 54.7 Å². The van der Waals surface area contributed by atoms with E-state index in [0.29, 0.717) is 5.41 Å². The molecule has 0 radical (unpaired) electrons. The topological polar surface area (TPSA) is 9.23 Å². The zero-order chi connectivity index (χ0) is 15.4. The Balaban J connectivity index is 2.52. The van der Waals surface area contributed by atoms with Gasteiger partial charge in [-0.15, -0.1) is 0 Å². The van der Waals surface area contributed by atoms with Crippen LogP contribution in [0.1, 0.15) is 73.3 Å². The Bertz CT molecular complexity index is 407. The summed E-state index contributed by atoms with van der Waals surface area (Å²) in [6.07, 6.45) is 3.89. The largest absolute Gasteiger partial charge is 0.491 e. The maximum atomic E-state index is 6.06. The standard InChI is InChI=1S/C19H32O/c1-15(10-9-13-18(2,3)4)20-17-12-8-11-16(14-17)19(5,6)7/h8,11-12,14-15H,9-10,13H2,1-7H3. The zero-order valence-electron chi connectivity index (χ0n) is 14.4. The Hall–Kier alpha value is -0.980. The first-order valence-electron chi connectivity index (χ1n) is 7.85. The number of benzene rings is 1. The van der Waals surface area contributed by atoms with Crippen LogP contribution in [0.3, 0.4) is 0 Å². The molecule has 1 nitrogen and oxygen atoms in total. The van der Waals surface area contributed by atoms with Crippen molar-refractivity contribution >= 4 is 0 Å². The molecule has 1 atom stereocenters. The minimum atomic E-state index is 0.175. The summed E-state index contributed by atoms with van der Waals surface area (Å²) < 4.78 is 6.06. The highest BCUT2D eigenvalue weighted by Crippen LogP contribution is 2.27. The fraction of sp³-hybridized carbons (Fsp3) is 0.684. The first-order chi connectivity index (χ1) is 9.08. The molecule has 1 aromatic rings. The molecular weight excluding hydrogens is 244 g/mol. The van der Waals surface area contributed by atoms with Crippen molar-refractivity contribution in [1.82, 2.24) is 0 Å².